The third kappa shape index (κ3) is 4.34. The molecule has 0 aliphatic rings. The van der Waals surface area contributed by atoms with E-state index in [2.05, 4.69) is 26.3 Å². The van der Waals surface area contributed by atoms with Crippen LogP contribution in [0.4, 0.5) is 5.00 Å². The number of hydrogen-bond acceptors (Lipinski definition) is 6. The van der Waals surface area contributed by atoms with Crippen LogP contribution >= 0.6 is 27.3 Å². The number of nitrogens with one attached hydrogen (secondary N) is 1. The van der Waals surface area contributed by atoms with Crippen LogP contribution in [0.25, 0.3) is 16.5 Å². The third-order valence-electron chi connectivity index (χ3n) is 5.20. The van der Waals surface area contributed by atoms with E-state index in [1.165, 1.54) is 4.68 Å². The van der Waals surface area contributed by atoms with Crippen molar-refractivity contribution in [2.45, 2.75) is 20.8 Å². The zero-order valence-corrected chi connectivity index (χ0v) is 20.5. The Kier molecular flexibility index (Phi) is 6.44. The van der Waals surface area contributed by atoms with Gasteiger partial charge in [-0.2, -0.15) is 9.78 Å². The summed E-state index contributed by atoms with van der Waals surface area (Å²) in [5, 5.41) is 9.67. The van der Waals surface area contributed by atoms with Gasteiger partial charge in [-0.1, -0.05) is 18.2 Å². The Morgan fingerprint density at radius 1 is 1.15 bits per heavy atom. The van der Waals surface area contributed by atoms with Gasteiger partial charge in [0.25, 0.3) is 11.5 Å². The number of carbonyl (C=O) groups is 2. The summed E-state index contributed by atoms with van der Waals surface area (Å²) in [4.78, 5) is 39.1. The van der Waals surface area contributed by atoms with Gasteiger partial charge >= 0.3 is 5.97 Å². The first kappa shape index (κ1) is 22.9. The van der Waals surface area contributed by atoms with Crippen LogP contribution in [-0.2, 0) is 4.74 Å². The molecule has 4 rings (SSSR count). The molecule has 0 aliphatic heterocycles. The lowest BCUT2D eigenvalue weighted by Crippen LogP contribution is -2.25. The minimum absolute atomic E-state index is 0.0160. The molecule has 0 unspecified atom stereocenters. The molecule has 0 aliphatic carbocycles. The van der Waals surface area contributed by atoms with Crippen LogP contribution in [0.2, 0.25) is 0 Å². The molecule has 2 aromatic heterocycles. The van der Waals surface area contributed by atoms with Gasteiger partial charge < -0.3 is 10.1 Å². The van der Waals surface area contributed by atoms with Gasteiger partial charge in [0.1, 0.15) is 5.00 Å². The molecular weight excluding hydrogens is 506 g/mol. The van der Waals surface area contributed by atoms with Crippen molar-refractivity contribution < 1.29 is 14.3 Å². The molecule has 0 atom stereocenters. The minimum Gasteiger partial charge on any atom is -0.461 e. The van der Waals surface area contributed by atoms with Gasteiger partial charge in [0, 0.05) is 15.2 Å². The second-order valence-electron chi connectivity index (χ2n) is 7.34. The van der Waals surface area contributed by atoms with E-state index in [9.17, 15) is 14.4 Å². The highest BCUT2D eigenvalue weighted by atomic mass is 79.9. The molecule has 0 radical (unpaired) electrons. The van der Waals surface area contributed by atoms with Crippen LogP contribution in [0.5, 0.6) is 0 Å². The monoisotopic (exact) mass is 525 g/mol. The van der Waals surface area contributed by atoms with Crippen LogP contribution in [-0.4, -0.2) is 28.3 Å². The van der Waals surface area contributed by atoms with Crippen molar-refractivity contribution >= 4 is 54.9 Å². The van der Waals surface area contributed by atoms with Crippen LogP contribution < -0.4 is 10.9 Å². The molecule has 4 aromatic rings. The smallest absolute Gasteiger partial charge is 0.359 e. The van der Waals surface area contributed by atoms with Crippen molar-refractivity contribution in [3.05, 3.63) is 85.1 Å². The number of hydrogen-bond donors (Lipinski definition) is 1. The summed E-state index contributed by atoms with van der Waals surface area (Å²) in [5.74, 6) is -1.01. The number of nitrogens with zero attached hydrogens (tertiary/aromatic N) is 2. The lowest BCUT2D eigenvalue weighted by molar-refractivity contribution is 0.0520. The van der Waals surface area contributed by atoms with E-state index < -0.39 is 11.5 Å². The van der Waals surface area contributed by atoms with E-state index in [4.69, 9.17) is 4.74 Å². The van der Waals surface area contributed by atoms with Crippen molar-refractivity contribution in [1.29, 1.82) is 0 Å². The van der Waals surface area contributed by atoms with E-state index in [1.807, 2.05) is 26.0 Å². The van der Waals surface area contributed by atoms with Crippen molar-refractivity contribution in [3.8, 4) is 5.69 Å². The number of aryl methyl sites for hydroxylation is 2. The minimum atomic E-state index is -0.637. The summed E-state index contributed by atoms with van der Waals surface area (Å²) in [5.41, 5.74) is 2.56. The standard InChI is InChI=1S/C24H20BrN3O4S/c1-4-32-24(31)20-17-12-33-22(26-21(29)16-7-5-6-8-18(16)25)19(17)23(30)28(27-20)15-10-9-13(2)14(3)11-15/h5-12H,4H2,1-3H3,(H,26,29). The third-order valence-corrected chi connectivity index (χ3v) is 6.79. The number of halogens is 1. The molecule has 1 N–H and O–H groups in total. The van der Waals surface area contributed by atoms with Crippen molar-refractivity contribution in [3.63, 3.8) is 0 Å². The highest BCUT2D eigenvalue weighted by Gasteiger charge is 2.23. The van der Waals surface area contributed by atoms with E-state index >= 15 is 0 Å². The van der Waals surface area contributed by atoms with Gasteiger partial charge in [0.15, 0.2) is 5.69 Å². The van der Waals surface area contributed by atoms with E-state index in [0.717, 1.165) is 22.5 Å². The van der Waals surface area contributed by atoms with Gasteiger partial charge in [0.2, 0.25) is 0 Å². The number of ether oxygens (including phenoxy) is 1. The Balaban J connectivity index is 1.91. The number of carbonyl (C=O) groups excluding carboxylic acids is 2. The van der Waals surface area contributed by atoms with Crippen molar-refractivity contribution in [1.82, 2.24) is 9.78 Å². The lowest BCUT2D eigenvalue weighted by Gasteiger charge is -2.11. The first-order valence-corrected chi connectivity index (χ1v) is 11.8. The molecule has 2 heterocycles. The molecular formula is C24H20BrN3O4S. The maximum absolute atomic E-state index is 13.5. The highest BCUT2D eigenvalue weighted by Crippen LogP contribution is 2.31. The first-order valence-electron chi connectivity index (χ1n) is 10.2. The van der Waals surface area contributed by atoms with Gasteiger partial charge in [-0.15, -0.1) is 11.3 Å². The van der Waals surface area contributed by atoms with Gasteiger partial charge in [-0.25, -0.2) is 4.79 Å². The first-order chi connectivity index (χ1) is 15.8. The van der Waals surface area contributed by atoms with E-state index in [0.29, 0.717) is 26.1 Å². The van der Waals surface area contributed by atoms with Crippen LogP contribution in [0.15, 0.2) is 57.1 Å². The fourth-order valence-corrected chi connectivity index (χ4v) is 4.74. The van der Waals surface area contributed by atoms with E-state index in [1.54, 1.807) is 42.6 Å². The quantitative estimate of drug-likeness (QED) is 0.359. The summed E-state index contributed by atoms with van der Waals surface area (Å²) < 4.78 is 6.99. The zero-order valence-electron chi connectivity index (χ0n) is 18.1. The van der Waals surface area contributed by atoms with Gasteiger partial charge in [-0.05, 0) is 72.1 Å². The number of aromatic nitrogens is 2. The largest absolute Gasteiger partial charge is 0.461 e. The average molecular weight is 526 g/mol. The fraction of sp³-hybridized carbons (Fsp3) is 0.167. The second-order valence-corrected chi connectivity index (χ2v) is 9.08. The summed E-state index contributed by atoms with van der Waals surface area (Å²) >= 11 is 4.53. The molecule has 0 bridgehead atoms. The topological polar surface area (TPSA) is 90.3 Å². The Morgan fingerprint density at radius 3 is 2.61 bits per heavy atom. The average Bonchev–Trinajstić information content (AvgIpc) is 3.20. The Labute approximate surface area is 202 Å². The number of thiophene rings is 1. The van der Waals surface area contributed by atoms with Crippen LogP contribution in [0.1, 0.15) is 38.9 Å². The zero-order chi connectivity index (χ0) is 23.7. The Hall–Kier alpha value is -3.30. The molecule has 168 valence electrons. The molecule has 9 heteroatoms. The normalized spacial score (nSPS) is 10.9. The Bertz CT molecular complexity index is 1460. The predicted molar refractivity (Wildman–Crippen MR) is 133 cm³/mol. The Morgan fingerprint density at radius 2 is 1.91 bits per heavy atom. The lowest BCUT2D eigenvalue weighted by atomic mass is 10.1. The number of rotatable bonds is 5. The number of anilines is 1. The summed E-state index contributed by atoms with van der Waals surface area (Å²) in [7, 11) is 0. The number of fused-ring (bicyclic) bond motifs is 1. The molecule has 0 spiro atoms. The molecule has 0 saturated heterocycles. The molecule has 7 nitrogen and oxygen atoms in total. The SMILES string of the molecule is CCOC(=O)c1nn(-c2ccc(C)c(C)c2)c(=O)c2c(NC(=O)c3ccccc3Br)scc12. The second kappa shape index (κ2) is 9.29. The van der Waals surface area contributed by atoms with Crippen LogP contribution in [0.3, 0.4) is 0 Å². The maximum atomic E-state index is 13.5. The summed E-state index contributed by atoms with van der Waals surface area (Å²) in [6, 6.07) is 12.5. The van der Waals surface area contributed by atoms with E-state index in [-0.39, 0.29) is 23.6 Å². The predicted octanol–water partition coefficient (Wildman–Crippen LogP) is 5.26. The molecule has 1 amide bonds. The van der Waals surface area contributed by atoms with Crippen molar-refractivity contribution in [2.75, 3.05) is 11.9 Å². The van der Waals surface area contributed by atoms with Crippen molar-refractivity contribution in [2.24, 2.45) is 0 Å². The molecule has 2 aromatic carbocycles. The highest BCUT2D eigenvalue weighted by molar-refractivity contribution is 9.10. The number of benzene rings is 2. The van der Waals surface area contributed by atoms with Gasteiger partial charge in [0.05, 0.1) is 23.2 Å². The van der Waals surface area contributed by atoms with Gasteiger partial charge in [-0.3, -0.25) is 9.59 Å². The molecule has 0 fully saturated rings. The maximum Gasteiger partial charge on any atom is 0.359 e. The molecule has 33 heavy (non-hydrogen) atoms. The number of amides is 1. The summed E-state index contributed by atoms with van der Waals surface area (Å²) in [6.07, 6.45) is 0. The summed E-state index contributed by atoms with van der Waals surface area (Å²) in [6.45, 7) is 5.77. The number of esters is 1. The molecule has 0 saturated carbocycles. The van der Waals surface area contributed by atoms with Crippen LogP contribution in [0, 0.1) is 13.8 Å². The fourth-order valence-electron chi connectivity index (χ4n) is 3.34.